The van der Waals surface area contributed by atoms with Gasteiger partial charge in [-0.05, 0) is 31.2 Å². The van der Waals surface area contributed by atoms with Crippen molar-refractivity contribution >= 4 is 21.4 Å². The van der Waals surface area contributed by atoms with E-state index in [1.165, 1.54) is 24.3 Å². The standard InChI is InChI=1S/C12H19N3O2S/c1-9(12(2,3)4)14-15-18(16,17)11-7-5-10(13)6-8-11/h5-8,15H,13H2,1-4H3/b14-9+. The van der Waals surface area contributed by atoms with E-state index < -0.39 is 10.0 Å². The van der Waals surface area contributed by atoms with Crippen molar-refractivity contribution < 1.29 is 8.42 Å². The third-order valence-electron chi connectivity index (χ3n) is 2.61. The number of hydrogen-bond acceptors (Lipinski definition) is 4. The van der Waals surface area contributed by atoms with Crippen molar-refractivity contribution in [2.45, 2.75) is 32.6 Å². The zero-order valence-corrected chi connectivity index (χ0v) is 11.9. The molecule has 18 heavy (non-hydrogen) atoms. The molecule has 0 saturated heterocycles. The van der Waals surface area contributed by atoms with Crippen LogP contribution in [0.1, 0.15) is 27.7 Å². The first-order valence-corrected chi connectivity index (χ1v) is 7.03. The molecule has 6 heteroatoms. The molecule has 0 aromatic heterocycles. The van der Waals surface area contributed by atoms with Gasteiger partial charge in [0.25, 0.3) is 10.0 Å². The van der Waals surface area contributed by atoms with Crippen LogP contribution in [-0.4, -0.2) is 14.1 Å². The summed E-state index contributed by atoms with van der Waals surface area (Å²) in [5.74, 6) is 0. The maximum atomic E-state index is 11.9. The minimum atomic E-state index is -3.63. The van der Waals surface area contributed by atoms with Crippen LogP contribution in [0.5, 0.6) is 0 Å². The number of rotatable bonds is 3. The Hall–Kier alpha value is -1.56. The van der Waals surface area contributed by atoms with Gasteiger partial charge in [0.2, 0.25) is 0 Å². The predicted molar refractivity (Wildman–Crippen MR) is 73.7 cm³/mol. The largest absolute Gasteiger partial charge is 0.399 e. The summed E-state index contributed by atoms with van der Waals surface area (Å²) >= 11 is 0. The minimum Gasteiger partial charge on any atom is -0.399 e. The van der Waals surface area contributed by atoms with Crippen LogP contribution in [0.15, 0.2) is 34.3 Å². The highest BCUT2D eigenvalue weighted by Gasteiger charge is 2.17. The average Bonchev–Trinajstić information content (AvgIpc) is 2.25. The van der Waals surface area contributed by atoms with Crippen molar-refractivity contribution in [2.75, 3.05) is 5.73 Å². The summed E-state index contributed by atoms with van der Waals surface area (Å²) in [5, 5.41) is 3.91. The van der Waals surface area contributed by atoms with Crippen molar-refractivity contribution in [2.24, 2.45) is 10.5 Å². The first-order chi connectivity index (χ1) is 8.13. The first-order valence-electron chi connectivity index (χ1n) is 5.55. The van der Waals surface area contributed by atoms with Gasteiger partial charge in [0.15, 0.2) is 0 Å². The summed E-state index contributed by atoms with van der Waals surface area (Å²) in [6, 6.07) is 5.96. The molecule has 0 amide bonds. The van der Waals surface area contributed by atoms with E-state index in [-0.39, 0.29) is 10.3 Å². The molecule has 100 valence electrons. The van der Waals surface area contributed by atoms with E-state index in [4.69, 9.17) is 5.73 Å². The number of nitrogens with two attached hydrogens (primary N) is 1. The molecule has 1 aromatic rings. The van der Waals surface area contributed by atoms with Crippen LogP contribution in [0.3, 0.4) is 0 Å². The molecule has 0 fully saturated rings. The van der Waals surface area contributed by atoms with Crippen LogP contribution < -0.4 is 10.6 Å². The van der Waals surface area contributed by atoms with Crippen LogP contribution in [0, 0.1) is 5.41 Å². The fourth-order valence-electron chi connectivity index (χ4n) is 0.996. The normalized spacial score (nSPS) is 13.4. The molecule has 0 heterocycles. The Bertz CT molecular complexity index is 540. The third-order valence-corrected chi connectivity index (χ3v) is 3.83. The lowest BCUT2D eigenvalue weighted by Crippen LogP contribution is -2.24. The molecule has 0 saturated carbocycles. The van der Waals surface area contributed by atoms with Gasteiger partial charge in [0, 0.05) is 16.8 Å². The van der Waals surface area contributed by atoms with Crippen LogP contribution in [0.4, 0.5) is 5.69 Å². The SMILES string of the molecule is C/C(=N\NS(=O)(=O)c1ccc(N)cc1)C(C)(C)C. The van der Waals surface area contributed by atoms with E-state index in [0.29, 0.717) is 11.4 Å². The van der Waals surface area contributed by atoms with Gasteiger partial charge in [-0.3, -0.25) is 0 Å². The number of anilines is 1. The topological polar surface area (TPSA) is 84.5 Å². The van der Waals surface area contributed by atoms with E-state index in [1.54, 1.807) is 6.92 Å². The zero-order chi connectivity index (χ0) is 14.0. The molecule has 0 bridgehead atoms. The lowest BCUT2D eigenvalue weighted by atomic mass is 9.91. The number of nitrogen functional groups attached to an aromatic ring is 1. The number of nitrogens with one attached hydrogen (secondary N) is 1. The van der Waals surface area contributed by atoms with Crippen molar-refractivity contribution in [1.29, 1.82) is 0 Å². The molecule has 5 nitrogen and oxygen atoms in total. The number of hydrazone groups is 1. The Morgan fingerprint density at radius 2 is 1.72 bits per heavy atom. The highest BCUT2D eigenvalue weighted by Crippen LogP contribution is 2.16. The van der Waals surface area contributed by atoms with Crippen LogP contribution in [-0.2, 0) is 10.0 Å². The molecular formula is C12H19N3O2S. The summed E-state index contributed by atoms with van der Waals surface area (Å²) in [6.07, 6.45) is 0. The lowest BCUT2D eigenvalue weighted by molar-refractivity contribution is 0.571. The monoisotopic (exact) mass is 269 g/mol. The Kier molecular flexibility index (Phi) is 4.01. The molecular weight excluding hydrogens is 250 g/mol. The summed E-state index contributed by atoms with van der Waals surface area (Å²) in [7, 11) is -3.63. The first kappa shape index (κ1) is 14.5. The van der Waals surface area contributed by atoms with E-state index in [0.717, 1.165) is 0 Å². The molecule has 0 aliphatic rings. The van der Waals surface area contributed by atoms with Crippen LogP contribution in [0.2, 0.25) is 0 Å². The molecule has 3 N–H and O–H groups in total. The summed E-state index contributed by atoms with van der Waals surface area (Å²) in [5.41, 5.74) is 6.56. The Morgan fingerprint density at radius 1 is 1.22 bits per heavy atom. The van der Waals surface area contributed by atoms with Gasteiger partial charge in [-0.2, -0.15) is 13.5 Å². The molecule has 0 unspecified atom stereocenters. The van der Waals surface area contributed by atoms with Crippen molar-refractivity contribution in [1.82, 2.24) is 4.83 Å². The number of benzene rings is 1. The smallest absolute Gasteiger partial charge is 0.276 e. The Labute approximate surface area is 108 Å². The van der Waals surface area contributed by atoms with E-state index in [9.17, 15) is 8.42 Å². The summed E-state index contributed by atoms with van der Waals surface area (Å²) in [6.45, 7) is 7.67. The van der Waals surface area contributed by atoms with E-state index >= 15 is 0 Å². The van der Waals surface area contributed by atoms with E-state index in [2.05, 4.69) is 9.93 Å². The van der Waals surface area contributed by atoms with Gasteiger partial charge < -0.3 is 5.73 Å². The molecule has 1 rings (SSSR count). The van der Waals surface area contributed by atoms with Gasteiger partial charge in [-0.25, -0.2) is 4.83 Å². The third kappa shape index (κ3) is 3.73. The van der Waals surface area contributed by atoms with Crippen LogP contribution >= 0.6 is 0 Å². The van der Waals surface area contributed by atoms with Crippen molar-refractivity contribution in [3.05, 3.63) is 24.3 Å². The highest BCUT2D eigenvalue weighted by atomic mass is 32.2. The second-order valence-electron chi connectivity index (χ2n) is 5.11. The molecule has 0 radical (unpaired) electrons. The highest BCUT2D eigenvalue weighted by molar-refractivity contribution is 7.89. The quantitative estimate of drug-likeness (QED) is 0.500. The summed E-state index contributed by atoms with van der Waals surface area (Å²) < 4.78 is 23.8. The molecule has 0 aliphatic heterocycles. The van der Waals surface area contributed by atoms with Crippen molar-refractivity contribution in [3.63, 3.8) is 0 Å². The van der Waals surface area contributed by atoms with Gasteiger partial charge in [-0.15, -0.1) is 0 Å². The molecule has 1 aromatic carbocycles. The minimum absolute atomic E-state index is 0.141. The fraction of sp³-hybridized carbons (Fsp3) is 0.417. The zero-order valence-electron chi connectivity index (χ0n) is 11.1. The van der Waals surface area contributed by atoms with Crippen LogP contribution in [0.25, 0.3) is 0 Å². The second kappa shape index (κ2) is 4.97. The van der Waals surface area contributed by atoms with Gasteiger partial charge in [0.1, 0.15) is 0 Å². The maximum Gasteiger partial charge on any atom is 0.276 e. The lowest BCUT2D eigenvalue weighted by Gasteiger charge is -2.17. The predicted octanol–water partition coefficient (Wildman–Crippen LogP) is 1.97. The molecule has 0 aliphatic carbocycles. The number of nitrogens with zero attached hydrogens (tertiary/aromatic N) is 1. The number of hydrogen-bond donors (Lipinski definition) is 2. The second-order valence-corrected chi connectivity index (χ2v) is 6.77. The average molecular weight is 269 g/mol. The maximum absolute atomic E-state index is 11.9. The van der Waals surface area contributed by atoms with Crippen molar-refractivity contribution in [3.8, 4) is 0 Å². The molecule has 0 atom stereocenters. The Balaban J connectivity index is 2.94. The Morgan fingerprint density at radius 3 is 2.17 bits per heavy atom. The number of sulfonamides is 1. The molecule has 0 spiro atoms. The van der Waals surface area contributed by atoms with Gasteiger partial charge in [-0.1, -0.05) is 20.8 Å². The summed E-state index contributed by atoms with van der Waals surface area (Å²) in [4.78, 5) is 2.36. The van der Waals surface area contributed by atoms with Gasteiger partial charge in [0.05, 0.1) is 4.90 Å². The fourth-order valence-corrected chi connectivity index (χ4v) is 1.85. The van der Waals surface area contributed by atoms with Gasteiger partial charge >= 0.3 is 0 Å². The van der Waals surface area contributed by atoms with E-state index in [1.807, 2.05) is 20.8 Å².